The quantitative estimate of drug-likeness (QED) is 0.474. The van der Waals surface area contributed by atoms with Gasteiger partial charge in [0.1, 0.15) is 6.54 Å². The van der Waals surface area contributed by atoms with Gasteiger partial charge in [-0.3, -0.25) is 29.4 Å². The first-order valence-electron chi connectivity index (χ1n) is 7.41. The number of likely N-dealkylation sites (tertiary alicyclic amines) is 1. The number of nitrogens with zero attached hydrogens (tertiary/aromatic N) is 3. The van der Waals surface area contributed by atoms with Crippen LogP contribution in [0.1, 0.15) is 40.0 Å². The minimum atomic E-state index is -0.654. The SMILES string of the molecule is O=C(CN1C(=O)c2ccc([N+](=O)[O-])cc2C1=O)N1CCCCC1. The number of nitro benzene ring substituents is 1. The highest BCUT2D eigenvalue weighted by Gasteiger charge is 2.38. The number of hydrogen-bond donors (Lipinski definition) is 0. The van der Waals surface area contributed by atoms with Gasteiger partial charge < -0.3 is 4.90 Å². The van der Waals surface area contributed by atoms with E-state index in [4.69, 9.17) is 0 Å². The van der Waals surface area contributed by atoms with Crippen LogP contribution in [0.2, 0.25) is 0 Å². The van der Waals surface area contributed by atoms with E-state index in [9.17, 15) is 24.5 Å². The molecule has 8 heteroatoms. The Balaban J connectivity index is 1.79. The number of fused-ring (bicyclic) bond motifs is 1. The molecule has 0 bridgehead atoms. The lowest BCUT2D eigenvalue weighted by Gasteiger charge is -2.28. The summed E-state index contributed by atoms with van der Waals surface area (Å²) in [6.07, 6.45) is 2.90. The molecule has 1 aromatic rings. The van der Waals surface area contributed by atoms with Crippen molar-refractivity contribution in [3.8, 4) is 0 Å². The van der Waals surface area contributed by atoms with Crippen molar-refractivity contribution in [1.29, 1.82) is 0 Å². The molecule has 0 spiro atoms. The summed E-state index contributed by atoms with van der Waals surface area (Å²) in [5.74, 6) is -1.50. The fourth-order valence-corrected chi connectivity index (χ4v) is 2.91. The molecule has 0 unspecified atom stereocenters. The smallest absolute Gasteiger partial charge is 0.270 e. The van der Waals surface area contributed by atoms with E-state index in [0.29, 0.717) is 13.1 Å². The number of imide groups is 1. The lowest BCUT2D eigenvalue weighted by Crippen LogP contribution is -2.44. The van der Waals surface area contributed by atoms with E-state index < -0.39 is 16.7 Å². The molecule has 0 saturated carbocycles. The van der Waals surface area contributed by atoms with Gasteiger partial charge >= 0.3 is 0 Å². The summed E-state index contributed by atoms with van der Waals surface area (Å²) in [7, 11) is 0. The molecule has 23 heavy (non-hydrogen) atoms. The average Bonchev–Trinajstić information content (AvgIpc) is 2.80. The average molecular weight is 317 g/mol. The maximum absolute atomic E-state index is 12.3. The Kier molecular flexibility index (Phi) is 3.81. The predicted molar refractivity (Wildman–Crippen MR) is 78.9 cm³/mol. The molecule has 1 aromatic carbocycles. The highest BCUT2D eigenvalue weighted by atomic mass is 16.6. The molecule has 1 saturated heterocycles. The number of carbonyl (C=O) groups is 3. The minimum Gasteiger partial charge on any atom is -0.341 e. The lowest BCUT2D eigenvalue weighted by molar-refractivity contribution is -0.384. The Hall–Kier alpha value is -2.77. The van der Waals surface area contributed by atoms with Crippen molar-refractivity contribution in [2.75, 3.05) is 19.6 Å². The van der Waals surface area contributed by atoms with Crippen LogP contribution in [0, 0.1) is 10.1 Å². The highest BCUT2D eigenvalue weighted by Crippen LogP contribution is 2.26. The third-order valence-electron chi connectivity index (χ3n) is 4.17. The standard InChI is InChI=1S/C15H15N3O5/c19-13(16-6-2-1-3-7-16)9-17-14(20)11-5-4-10(18(22)23)8-12(11)15(17)21/h4-5,8H,1-3,6-7,9H2. The lowest BCUT2D eigenvalue weighted by atomic mass is 10.1. The number of carbonyl (C=O) groups excluding carboxylic acids is 3. The molecule has 0 radical (unpaired) electrons. The second-order valence-corrected chi connectivity index (χ2v) is 5.62. The number of hydrogen-bond acceptors (Lipinski definition) is 5. The van der Waals surface area contributed by atoms with Crippen LogP contribution in [0.3, 0.4) is 0 Å². The number of nitro groups is 1. The number of non-ortho nitro benzene ring substituents is 1. The molecule has 3 amide bonds. The van der Waals surface area contributed by atoms with Crippen LogP contribution < -0.4 is 0 Å². The van der Waals surface area contributed by atoms with E-state index in [0.717, 1.165) is 30.2 Å². The van der Waals surface area contributed by atoms with E-state index in [1.165, 1.54) is 12.1 Å². The van der Waals surface area contributed by atoms with Crippen LogP contribution in [0.15, 0.2) is 18.2 Å². The number of amides is 3. The van der Waals surface area contributed by atoms with Crippen molar-refractivity contribution in [2.24, 2.45) is 0 Å². The Bertz CT molecular complexity index is 709. The molecule has 0 atom stereocenters. The third kappa shape index (κ3) is 2.67. The summed E-state index contributed by atoms with van der Waals surface area (Å²) < 4.78 is 0. The van der Waals surface area contributed by atoms with Crippen molar-refractivity contribution in [2.45, 2.75) is 19.3 Å². The van der Waals surface area contributed by atoms with Crippen molar-refractivity contribution >= 4 is 23.4 Å². The first-order valence-corrected chi connectivity index (χ1v) is 7.41. The molecule has 0 N–H and O–H groups in total. The second kappa shape index (κ2) is 5.79. The number of piperidine rings is 1. The maximum Gasteiger partial charge on any atom is 0.270 e. The largest absolute Gasteiger partial charge is 0.341 e. The van der Waals surface area contributed by atoms with Crippen molar-refractivity contribution in [3.05, 3.63) is 39.4 Å². The summed E-state index contributed by atoms with van der Waals surface area (Å²) >= 11 is 0. The molecule has 3 rings (SSSR count). The first-order chi connectivity index (χ1) is 11.0. The van der Waals surface area contributed by atoms with Gasteiger partial charge in [-0.05, 0) is 25.3 Å². The molecule has 1 fully saturated rings. The van der Waals surface area contributed by atoms with E-state index in [-0.39, 0.29) is 29.3 Å². The van der Waals surface area contributed by atoms with Crippen LogP contribution in [0.4, 0.5) is 5.69 Å². The van der Waals surface area contributed by atoms with E-state index in [1.807, 2.05) is 0 Å². The Morgan fingerprint density at radius 2 is 1.74 bits per heavy atom. The fourth-order valence-electron chi connectivity index (χ4n) is 2.91. The van der Waals surface area contributed by atoms with E-state index >= 15 is 0 Å². The van der Waals surface area contributed by atoms with Gasteiger partial charge in [-0.2, -0.15) is 0 Å². The molecule has 120 valence electrons. The molecule has 2 aliphatic heterocycles. The Labute approximate surface area is 131 Å². The zero-order chi connectivity index (χ0) is 16.6. The zero-order valence-corrected chi connectivity index (χ0v) is 12.4. The summed E-state index contributed by atoms with van der Waals surface area (Å²) in [5.41, 5.74) is -0.170. The first kappa shape index (κ1) is 15.1. The molecular weight excluding hydrogens is 302 g/mol. The monoisotopic (exact) mass is 317 g/mol. The van der Waals surface area contributed by atoms with Gasteiger partial charge in [0.2, 0.25) is 5.91 Å². The maximum atomic E-state index is 12.3. The molecular formula is C15H15N3O5. The minimum absolute atomic E-state index is 0.0179. The summed E-state index contributed by atoms with van der Waals surface area (Å²) in [6.45, 7) is 0.946. The van der Waals surface area contributed by atoms with Gasteiger partial charge in [0, 0.05) is 25.2 Å². The predicted octanol–water partition coefficient (Wildman–Crippen LogP) is 1.20. The van der Waals surface area contributed by atoms with Gasteiger partial charge in [-0.25, -0.2) is 0 Å². The van der Waals surface area contributed by atoms with Crippen LogP contribution >= 0.6 is 0 Å². The van der Waals surface area contributed by atoms with Gasteiger partial charge in [0.15, 0.2) is 0 Å². The topological polar surface area (TPSA) is 101 Å². The fraction of sp³-hybridized carbons (Fsp3) is 0.400. The van der Waals surface area contributed by atoms with Gasteiger partial charge in [0.25, 0.3) is 17.5 Å². The van der Waals surface area contributed by atoms with Crippen LogP contribution in [-0.4, -0.2) is 52.1 Å². The molecule has 2 aliphatic rings. The molecule has 8 nitrogen and oxygen atoms in total. The summed E-state index contributed by atoms with van der Waals surface area (Å²) in [6, 6.07) is 3.53. The van der Waals surface area contributed by atoms with Crippen molar-refractivity contribution < 1.29 is 19.3 Å². The van der Waals surface area contributed by atoms with Crippen LogP contribution in [-0.2, 0) is 4.79 Å². The van der Waals surface area contributed by atoms with Crippen molar-refractivity contribution in [3.63, 3.8) is 0 Å². The van der Waals surface area contributed by atoms with Gasteiger partial charge in [0.05, 0.1) is 16.1 Å². The van der Waals surface area contributed by atoms with E-state index in [2.05, 4.69) is 0 Å². The van der Waals surface area contributed by atoms with Crippen LogP contribution in [0.25, 0.3) is 0 Å². The second-order valence-electron chi connectivity index (χ2n) is 5.62. The molecule has 0 aromatic heterocycles. The molecule has 0 aliphatic carbocycles. The Morgan fingerprint density at radius 3 is 2.39 bits per heavy atom. The highest BCUT2D eigenvalue weighted by molar-refractivity contribution is 6.22. The summed E-state index contributed by atoms with van der Waals surface area (Å²) in [5, 5.41) is 10.8. The normalized spacial score (nSPS) is 17.4. The summed E-state index contributed by atoms with van der Waals surface area (Å²) in [4.78, 5) is 49.5. The number of benzene rings is 1. The van der Waals surface area contributed by atoms with E-state index in [1.54, 1.807) is 4.90 Å². The third-order valence-corrected chi connectivity index (χ3v) is 4.17. The van der Waals surface area contributed by atoms with Gasteiger partial charge in [-0.15, -0.1) is 0 Å². The number of rotatable bonds is 3. The van der Waals surface area contributed by atoms with Crippen LogP contribution in [0.5, 0.6) is 0 Å². The molecule has 2 heterocycles. The zero-order valence-electron chi connectivity index (χ0n) is 12.4. The van der Waals surface area contributed by atoms with Crippen molar-refractivity contribution in [1.82, 2.24) is 9.80 Å². The van der Waals surface area contributed by atoms with Gasteiger partial charge in [-0.1, -0.05) is 0 Å². The Morgan fingerprint density at radius 1 is 1.09 bits per heavy atom.